The van der Waals surface area contributed by atoms with Crippen molar-refractivity contribution in [3.63, 3.8) is 0 Å². The topological polar surface area (TPSA) is 3.24 Å². The highest BCUT2D eigenvalue weighted by molar-refractivity contribution is 4.94. The number of rotatable bonds is 0. The molecule has 0 fully saturated rings. The van der Waals surface area contributed by atoms with Gasteiger partial charge >= 0.3 is 0 Å². The van der Waals surface area contributed by atoms with E-state index in [1.54, 1.807) is 6.08 Å². The normalized spacial score (nSPS) is 19.5. The molecule has 1 rings (SSSR count). The van der Waals surface area contributed by atoms with Gasteiger partial charge in [0.1, 0.15) is 0 Å². The molecule has 0 atom stereocenters. The minimum Gasteiger partial charge on any atom is -0.306 e. The fourth-order valence-corrected chi connectivity index (χ4v) is 0.953. The second-order valence-corrected chi connectivity index (χ2v) is 2.49. The van der Waals surface area contributed by atoms with Crippen molar-refractivity contribution in [1.29, 1.82) is 0 Å². The Balaban J connectivity index is 0.000000461. The molecule has 0 aromatic rings. The summed E-state index contributed by atoms with van der Waals surface area (Å²) in [4.78, 5) is 2.14. The maximum absolute atomic E-state index is 12.5. The lowest BCUT2D eigenvalue weighted by atomic mass is 10.3. The van der Waals surface area contributed by atoms with Crippen LogP contribution in [0.25, 0.3) is 0 Å². The van der Waals surface area contributed by atoms with E-state index in [0.717, 1.165) is 19.5 Å². The quantitative estimate of drug-likeness (QED) is 0.525. The molecule has 1 nitrogen and oxygen atoms in total. The van der Waals surface area contributed by atoms with E-state index in [1.165, 1.54) is 0 Å². The van der Waals surface area contributed by atoms with Crippen molar-refractivity contribution in [3.05, 3.63) is 11.9 Å². The van der Waals surface area contributed by atoms with Crippen molar-refractivity contribution < 1.29 is 4.39 Å². The van der Waals surface area contributed by atoms with Crippen LogP contribution >= 0.6 is 0 Å². The SMILES string of the molecule is CC.CN1CCC=C(F)CC1. The highest BCUT2D eigenvalue weighted by Crippen LogP contribution is 2.09. The van der Waals surface area contributed by atoms with Crippen LogP contribution in [-0.2, 0) is 0 Å². The Hall–Kier alpha value is -0.370. The molecule has 0 unspecified atom stereocenters. The van der Waals surface area contributed by atoms with Crippen molar-refractivity contribution in [2.24, 2.45) is 0 Å². The molecule has 0 radical (unpaired) electrons. The van der Waals surface area contributed by atoms with Crippen LogP contribution in [0.3, 0.4) is 0 Å². The largest absolute Gasteiger partial charge is 0.306 e. The first-order chi connectivity index (χ1) is 5.29. The smallest absolute Gasteiger partial charge is 0.0973 e. The van der Waals surface area contributed by atoms with Crippen LogP contribution in [0.15, 0.2) is 11.9 Å². The van der Waals surface area contributed by atoms with Gasteiger partial charge in [-0.3, -0.25) is 0 Å². The lowest BCUT2D eigenvalue weighted by Crippen LogP contribution is -2.18. The molecule has 0 aromatic carbocycles. The molecule has 0 bridgehead atoms. The molecule has 0 aliphatic carbocycles. The molecule has 11 heavy (non-hydrogen) atoms. The van der Waals surface area contributed by atoms with E-state index in [0.29, 0.717) is 6.42 Å². The third kappa shape index (κ3) is 4.96. The van der Waals surface area contributed by atoms with Crippen molar-refractivity contribution in [2.75, 3.05) is 20.1 Å². The molecule has 1 aliphatic rings. The van der Waals surface area contributed by atoms with Crippen molar-refractivity contribution in [2.45, 2.75) is 26.7 Å². The summed E-state index contributed by atoms with van der Waals surface area (Å²) in [5, 5.41) is 0. The summed E-state index contributed by atoms with van der Waals surface area (Å²) >= 11 is 0. The molecule has 2 heteroatoms. The summed E-state index contributed by atoms with van der Waals surface area (Å²) in [6, 6.07) is 0. The Morgan fingerprint density at radius 3 is 2.64 bits per heavy atom. The van der Waals surface area contributed by atoms with Crippen LogP contribution in [0.5, 0.6) is 0 Å². The van der Waals surface area contributed by atoms with E-state index >= 15 is 0 Å². The first-order valence-electron chi connectivity index (χ1n) is 4.32. The van der Waals surface area contributed by atoms with Crippen LogP contribution in [0.4, 0.5) is 4.39 Å². The van der Waals surface area contributed by atoms with Crippen LogP contribution in [0, 0.1) is 0 Å². The first-order valence-corrected chi connectivity index (χ1v) is 4.32. The van der Waals surface area contributed by atoms with Gasteiger partial charge in [0.05, 0.1) is 5.83 Å². The molecule has 0 saturated carbocycles. The lowest BCUT2D eigenvalue weighted by Gasteiger charge is -2.10. The summed E-state index contributed by atoms with van der Waals surface area (Å²) in [5.41, 5.74) is 0. The molecule has 0 aromatic heterocycles. The van der Waals surface area contributed by atoms with Gasteiger partial charge in [0.15, 0.2) is 0 Å². The molecule has 66 valence electrons. The molecule has 0 amide bonds. The van der Waals surface area contributed by atoms with Crippen molar-refractivity contribution in [3.8, 4) is 0 Å². The maximum Gasteiger partial charge on any atom is 0.0973 e. The van der Waals surface area contributed by atoms with Crippen LogP contribution in [0.1, 0.15) is 26.7 Å². The van der Waals surface area contributed by atoms with Gasteiger partial charge in [-0.25, -0.2) is 4.39 Å². The van der Waals surface area contributed by atoms with Crippen LogP contribution < -0.4 is 0 Å². The zero-order valence-electron chi connectivity index (χ0n) is 7.73. The van der Waals surface area contributed by atoms with Gasteiger partial charge in [0.2, 0.25) is 0 Å². The Bertz CT molecular complexity index is 121. The molecule has 0 saturated heterocycles. The predicted molar refractivity (Wildman–Crippen MR) is 47.3 cm³/mol. The van der Waals surface area contributed by atoms with E-state index in [9.17, 15) is 4.39 Å². The lowest BCUT2D eigenvalue weighted by molar-refractivity contribution is 0.346. The number of hydrogen-bond donors (Lipinski definition) is 0. The second-order valence-electron chi connectivity index (χ2n) is 2.49. The van der Waals surface area contributed by atoms with Gasteiger partial charge in [-0.05, 0) is 13.5 Å². The highest BCUT2D eigenvalue weighted by Gasteiger charge is 2.04. The zero-order valence-corrected chi connectivity index (χ0v) is 7.73. The number of hydrogen-bond acceptors (Lipinski definition) is 1. The molecular formula is C9H18FN. The summed E-state index contributed by atoms with van der Waals surface area (Å²) < 4.78 is 12.5. The van der Waals surface area contributed by atoms with E-state index < -0.39 is 0 Å². The minimum absolute atomic E-state index is 0.0550. The van der Waals surface area contributed by atoms with Gasteiger partial charge in [-0.1, -0.05) is 19.9 Å². The maximum atomic E-state index is 12.5. The van der Waals surface area contributed by atoms with Crippen LogP contribution in [0.2, 0.25) is 0 Å². The van der Waals surface area contributed by atoms with Crippen LogP contribution in [-0.4, -0.2) is 25.0 Å². The summed E-state index contributed by atoms with van der Waals surface area (Å²) in [6.07, 6.45) is 3.14. The first kappa shape index (κ1) is 10.6. The Kier molecular flexibility index (Phi) is 6.13. The van der Waals surface area contributed by atoms with E-state index in [2.05, 4.69) is 4.90 Å². The third-order valence-corrected chi connectivity index (χ3v) is 1.61. The van der Waals surface area contributed by atoms with Crippen molar-refractivity contribution >= 4 is 0 Å². The van der Waals surface area contributed by atoms with Gasteiger partial charge in [0, 0.05) is 19.5 Å². The second kappa shape index (κ2) is 6.35. The molecule has 0 spiro atoms. The molecule has 0 N–H and O–H groups in total. The predicted octanol–water partition coefficient (Wildman–Crippen LogP) is 2.59. The van der Waals surface area contributed by atoms with Gasteiger partial charge in [-0.2, -0.15) is 0 Å². The summed E-state index contributed by atoms with van der Waals surface area (Å²) in [6.45, 7) is 5.86. The fourth-order valence-electron chi connectivity index (χ4n) is 0.953. The molecular weight excluding hydrogens is 141 g/mol. The standard InChI is InChI=1S/C7H12FN.C2H6/c1-9-5-2-3-7(8)4-6-9;1-2/h3H,2,4-6H2,1H3;1-2H3. The monoisotopic (exact) mass is 159 g/mol. The van der Waals surface area contributed by atoms with Gasteiger partial charge in [-0.15, -0.1) is 0 Å². The summed E-state index contributed by atoms with van der Waals surface area (Å²) in [7, 11) is 2.02. The van der Waals surface area contributed by atoms with Gasteiger partial charge in [0.25, 0.3) is 0 Å². The average molecular weight is 159 g/mol. The van der Waals surface area contributed by atoms with Crippen molar-refractivity contribution in [1.82, 2.24) is 4.90 Å². The Morgan fingerprint density at radius 1 is 1.36 bits per heavy atom. The number of nitrogens with zero attached hydrogens (tertiary/aromatic N) is 1. The Labute approximate surface area is 68.9 Å². The summed E-state index contributed by atoms with van der Waals surface area (Å²) in [5.74, 6) is 0.0550. The third-order valence-electron chi connectivity index (χ3n) is 1.61. The zero-order chi connectivity index (χ0) is 8.69. The molecule has 1 heterocycles. The minimum atomic E-state index is 0.0550. The molecule has 1 aliphatic heterocycles. The number of halogens is 1. The Morgan fingerprint density at radius 2 is 2.00 bits per heavy atom. The van der Waals surface area contributed by atoms with E-state index in [-0.39, 0.29) is 5.83 Å². The van der Waals surface area contributed by atoms with E-state index in [4.69, 9.17) is 0 Å². The average Bonchev–Trinajstić information content (AvgIpc) is 2.20. The van der Waals surface area contributed by atoms with E-state index in [1.807, 2.05) is 20.9 Å². The van der Waals surface area contributed by atoms with Gasteiger partial charge < -0.3 is 4.90 Å². The fraction of sp³-hybridized carbons (Fsp3) is 0.778. The highest BCUT2D eigenvalue weighted by atomic mass is 19.1.